The van der Waals surface area contributed by atoms with Gasteiger partial charge in [0.1, 0.15) is 12.4 Å². The van der Waals surface area contributed by atoms with Gasteiger partial charge in [-0.15, -0.1) is 10.2 Å². The van der Waals surface area contributed by atoms with E-state index in [-0.39, 0.29) is 30.1 Å². The first kappa shape index (κ1) is 19.7. The standard InChI is InChI=1S/C21H24FN5O/c1-13(2)17-6-5-7-18(14(3)4)20(17)23-19(28)12-27-25-21(24-26-27)15-8-10-16(22)11-9-15/h5-11,13-14H,12H2,1-4H3,(H,23,28). The molecule has 1 N–H and O–H groups in total. The molecule has 0 unspecified atom stereocenters. The summed E-state index contributed by atoms with van der Waals surface area (Å²) < 4.78 is 13.1. The third kappa shape index (κ3) is 4.42. The van der Waals surface area contributed by atoms with Gasteiger partial charge in [0.25, 0.3) is 0 Å². The highest BCUT2D eigenvalue weighted by atomic mass is 19.1. The maximum absolute atomic E-state index is 13.1. The number of hydrogen-bond acceptors (Lipinski definition) is 4. The van der Waals surface area contributed by atoms with E-state index < -0.39 is 0 Å². The number of amides is 1. The second kappa shape index (κ2) is 8.29. The fourth-order valence-corrected chi connectivity index (χ4v) is 3.03. The Kier molecular flexibility index (Phi) is 5.82. The van der Waals surface area contributed by atoms with Crippen molar-refractivity contribution in [3.05, 3.63) is 59.4 Å². The molecule has 3 rings (SSSR count). The van der Waals surface area contributed by atoms with E-state index in [4.69, 9.17) is 0 Å². The first-order chi connectivity index (χ1) is 13.3. The van der Waals surface area contributed by atoms with Crippen LogP contribution in [0.2, 0.25) is 0 Å². The maximum atomic E-state index is 13.1. The summed E-state index contributed by atoms with van der Waals surface area (Å²) in [5.74, 6) is 0.351. The predicted octanol–water partition coefficient (Wildman–Crippen LogP) is 4.36. The smallest absolute Gasteiger partial charge is 0.248 e. The molecule has 0 bridgehead atoms. The number of benzene rings is 2. The van der Waals surface area contributed by atoms with Crippen molar-refractivity contribution in [3.63, 3.8) is 0 Å². The van der Waals surface area contributed by atoms with Crippen LogP contribution in [0.3, 0.4) is 0 Å². The molecule has 6 nitrogen and oxygen atoms in total. The molecule has 0 atom stereocenters. The number of carbonyl (C=O) groups is 1. The van der Waals surface area contributed by atoms with Crippen molar-refractivity contribution in [2.24, 2.45) is 0 Å². The van der Waals surface area contributed by atoms with E-state index in [1.54, 1.807) is 12.1 Å². The van der Waals surface area contributed by atoms with Crippen LogP contribution in [0.15, 0.2) is 42.5 Å². The summed E-state index contributed by atoms with van der Waals surface area (Å²) in [5, 5.41) is 15.1. The number of carbonyl (C=O) groups excluding carboxylic acids is 1. The minimum absolute atomic E-state index is 0.0574. The van der Waals surface area contributed by atoms with E-state index in [1.807, 2.05) is 18.2 Å². The van der Waals surface area contributed by atoms with E-state index in [0.717, 1.165) is 16.8 Å². The molecule has 0 aliphatic rings. The van der Waals surface area contributed by atoms with Gasteiger partial charge >= 0.3 is 0 Å². The molecule has 0 saturated carbocycles. The lowest BCUT2D eigenvalue weighted by Crippen LogP contribution is -2.22. The van der Waals surface area contributed by atoms with Crippen molar-refractivity contribution < 1.29 is 9.18 Å². The molecule has 0 radical (unpaired) electrons. The molecule has 2 aromatic carbocycles. The Morgan fingerprint density at radius 1 is 1.04 bits per heavy atom. The Hall–Kier alpha value is -3.09. The molecular weight excluding hydrogens is 357 g/mol. The Balaban J connectivity index is 1.77. The second-order valence-electron chi connectivity index (χ2n) is 7.32. The minimum atomic E-state index is -0.333. The summed E-state index contributed by atoms with van der Waals surface area (Å²) in [7, 11) is 0. The lowest BCUT2D eigenvalue weighted by Gasteiger charge is -2.20. The first-order valence-electron chi connectivity index (χ1n) is 9.31. The van der Waals surface area contributed by atoms with Crippen LogP contribution >= 0.6 is 0 Å². The van der Waals surface area contributed by atoms with Gasteiger partial charge in [0.05, 0.1) is 0 Å². The molecule has 0 aliphatic heterocycles. The molecule has 3 aromatic rings. The van der Waals surface area contributed by atoms with Gasteiger partial charge in [-0.3, -0.25) is 4.79 Å². The highest BCUT2D eigenvalue weighted by Gasteiger charge is 2.17. The van der Waals surface area contributed by atoms with Gasteiger partial charge in [-0.1, -0.05) is 45.9 Å². The van der Waals surface area contributed by atoms with E-state index in [1.165, 1.54) is 16.9 Å². The molecule has 0 fully saturated rings. The Bertz CT molecular complexity index is 937. The summed E-state index contributed by atoms with van der Waals surface area (Å²) in [6, 6.07) is 11.9. The summed E-state index contributed by atoms with van der Waals surface area (Å²) in [6.45, 7) is 8.34. The van der Waals surface area contributed by atoms with Gasteiger partial charge in [0, 0.05) is 11.3 Å². The number of nitrogens with one attached hydrogen (secondary N) is 1. The third-order valence-corrected chi connectivity index (χ3v) is 4.48. The SMILES string of the molecule is CC(C)c1cccc(C(C)C)c1NC(=O)Cn1nnc(-c2ccc(F)cc2)n1. The molecule has 7 heteroatoms. The van der Waals surface area contributed by atoms with Crippen LogP contribution in [0.25, 0.3) is 11.4 Å². The first-order valence-corrected chi connectivity index (χ1v) is 9.31. The van der Waals surface area contributed by atoms with E-state index in [2.05, 4.69) is 48.4 Å². The maximum Gasteiger partial charge on any atom is 0.248 e. The number of tetrazole rings is 1. The van der Waals surface area contributed by atoms with Crippen molar-refractivity contribution in [1.82, 2.24) is 20.2 Å². The minimum Gasteiger partial charge on any atom is -0.324 e. The van der Waals surface area contributed by atoms with Crippen LogP contribution < -0.4 is 5.32 Å². The highest BCUT2D eigenvalue weighted by Crippen LogP contribution is 2.32. The largest absolute Gasteiger partial charge is 0.324 e. The van der Waals surface area contributed by atoms with Crippen molar-refractivity contribution in [2.45, 2.75) is 46.1 Å². The molecule has 1 heterocycles. The molecule has 0 saturated heterocycles. The average molecular weight is 381 g/mol. The highest BCUT2D eigenvalue weighted by molar-refractivity contribution is 5.92. The summed E-state index contributed by atoms with van der Waals surface area (Å²) in [5.41, 5.74) is 3.69. The number of nitrogens with zero attached hydrogens (tertiary/aromatic N) is 4. The number of aromatic nitrogens is 4. The average Bonchev–Trinajstić information content (AvgIpc) is 3.10. The lowest BCUT2D eigenvalue weighted by atomic mass is 9.92. The zero-order chi connectivity index (χ0) is 20.3. The molecule has 0 spiro atoms. The van der Waals surface area contributed by atoms with Crippen LogP contribution in [0.1, 0.15) is 50.7 Å². The van der Waals surface area contributed by atoms with Gasteiger partial charge in [0.15, 0.2) is 0 Å². The quantitative estimate of drug-likeness (QED) is 0.688. The number of anilines is 1. The zero-order valence-corrected chi connectivity index (χ0v) is 16.5. The normalized spacial score (nSPS) is 11.2. The Morgan fingerprint density at radius 3 is 2.21 bits per heavy atom. The molecule has 0 aliphatic carbocycles. The fraction of sp³-hybridized carbons (Fsp3) is 0.333. The summed E-state index contributed by atoms with van der Waals surface area (Å²) in [6.07, 6.45) is 0. The van der Waals surface area contributed by atoms with Crippen molar-refractivity contribution in [2.75, 3.05) is 5.32 Å². The Morgan fingerprint density at radius 2 is 1.64 bits per heavy atom. The molecule has 28 heavy (non-hydrogen) atoms. The summed E-state index contributed by atoms with van der Waals surface area (Å²) >= 11 is 0. The van der Waals surface area contributed by atoms with Gasteiger partial charge in [0.2, 0.25) is 11.7 Å². The van der Waals surface area contributed by atoms with E-state index in [0.29, 0.717) is 11.4 Å². The van der Waals surface area contributed by atoms with Crippen molar-refractivity contribution in [1.29, 1.82) is 0 Å². The molecule has 1 amide bonds. The molecule has 146 valence electrons. The topological polar surface area (TPSA) is 72.7 Å². The zero-order valence-electron chi connectivity index (χ0n) is 16.5. The number of halogens is 1. The lowest BCUT2D eigenvalue weighted by molar-refractivity contribution is -0.117. The van der Waals surface area contributed by atoms with Gasteiger partial charge < -0.3 is 5.32 Å². The molecule has 1 aromatic heterocycles. The predicted molar refractivity (Wildman–Crippen MR) is 106 cm³/mol. The third-order valence-electron chi connectivity index (χ3n) is 4.48. The van der Waals surface area contributed by atoms with Crippen LogP contribution in [-0.4, -0.2) is 26.1 Å². The van der Waals surface area contributed by atoms with Crippen LogP contribution in [0.5, 0.6) is 0 Å². The van der Waals surface area contributed by atoms with Crippen LogP contribution in [0, 0.1) is 5.82 Å². The van der Waals surface area contributed by atoms with Gasteiger partial charge in [-0.05, 0) is 52.4 Å². The fourth-order valence-electron chi connectivity index (χ4n) is 3.03. The van der Waals surface area contributed by atoms with Crippen molar-refractivity contribution in [3.8, 4) is 11.4 Å². The number of para-hydroxylation sites is 1. The number of rotatable bonds is 6. The van der Waals surface area contributed by atoms with Crippen LogP contribution in [0.4, 0.5) is 10.1 Å². The Labute approximate surface area is 163 Å². The number of hydrogen-bond donors (Lipinski definition) is 1. The second-order valence-corrected chi connectivity index (χ2v) is 7.32. The monoisotopic (exact) mass is 381 g/mol. The van der Waals surface area contributed by atoms with E-state index in [9.17, 15) is 9.18 Å². The van der Waals surface area contributed by atoms with Gasteiger partial charge in [-0.25, -0.2) is 4.39 Å². The van der Waals surface area contributed by atoms with Gasteiger partial charge in [-0.2, -0.15) is 4.80 Å². The molecular formula is C21H24FN5O. The van der Waals surface area contributed by atoms with Crippen LogP contribution in [-0.2, 0) is 11.3 Å². The van der Waals surface area contributed by atoms with E-state index >= 15 is 0 Å². The van der Waals surface area contributed by atoms with Crippen molar-refractivity contribution >= 4 is 11.6 Å². The summed E-state index contributed by atoms with van der Waals surface area (Å²) in [4.78, 5) is 13.9.